The van der Waals surface area contributed by atoms with Gasteiger partial charge in [0.15, 0.2) is 0 Å². The topological polar surface area (TPSA) is 20.2 Å². The van der Waals surface area contributed by atoms with Crippen LogP contribution in [0.2, 0.25) is 0 Å². The van der Waals surface area contributed by atoms with Crippen molar-refractivity contribution in [3.05, 3.63) is 64.7 Å². The number of hydrogen-bond acceptors (Lipinski definition) is 2. The zero-order chi connectivity index (χ0) is 14.0. The van der Waals surface area contributed by atoms with E-state index < -0.39 is 17.7 Å². The van der Waals surface area contributed by atoms with Crippen molar-refractivity contribution < 1.29 is 13.9 Å². The molecule has 0 aliphatic heterocycles. The smallest absolute Gasteiger partial charge is 0.129 e. The summed E-state index contributed by atoms with van der Waals surface area (Å²) in [4.78, 5) is 0.843. The molecule has 2 aromatic rings. The maximum atomic E-state index is 13.9. The van der Waals surface area contributed by atoms with Gasteiger partial charge in [-0.2, -0.15) is 0 Å². The Morgan fingerprint density at radius 1 is 1.05 bits per heavy atom. The molecule has 4 heteroatoms. The third-order valence-electron chi connectivity index (χ3n) is 3.01. The van der Waals surface area contributed by atoms with Crippen LogP contribution in [0.4, 0.5) is 8.78 Å². The van der Waals surface area contributed by atoms with Gasteiger partial charge in [-0.1, -0.05) is 18.2 Å². The Morgan fingerprint density at radius 3 is 2.42 bits per heavy atom. The molecule has 1 N–H and O–H groups in total. The quantitative estimate of drug-likeness (QED) is 0.855. The molecule has 0 spiro atoms. The molecule has 0 saturated heterocycles. The molecule has 1 nitrogen and oxygen atoms in total. The molecule has 0 amide bonds. The van der Waals surface area contributed by atoms with Gasteiger partial charge in [-0.15, -0.1) is 11.8 Å². The Morgan fingerprint density at radius 2 is 1.74 bits per heavy atom. The lowest BCUT2D eigenvalue weighted by Crippen LogP contribution is -2.05. The number of thioether (sulfide) groups is 1. The van der Waals surface area contributed by atoms with Crippen LogP contribution in [0.15, 0.2) is 41.3 Å². The molecular weight excluding hydrogens is 266 g/mol. The Balaban J connectivity index is 2.50. The van der Waals surface area contributed by atoms with E-state index in [2.05, 4.69) is 0 Å². The number of aryl methyl sites for hydroxylation is 1. The molecule has 0 aliphatic rings. The molecule has 100 valence electrons. The van der Waals surface area contributed by atoms with E-state index in [1.807, 2.05) is 18.4 Å². The van der Waals surface area contributed by atoms with Gasteiger partial charge in [-0.05, 0) is 42.5 Å². The van der Waals surface area contributed by atoms with Crippen molar-refractivity contribution in [2.75, 3.05) is 6.26 Å². The molecule has 2 rings (SSSR count). The Bertz CT molecular complexity index is 599. The Kier molecular flexibility index (Phi) is 4.22. The molecule has 1 atom stereocenters. The number of hydrogen-bond donors (Lipinski definition) is 1. The van der Waals surface area contributed by atoms with Crippen molar-refractivity contribution in [2.24, 2.45) is 0 Å². The van der Waals surface area contributed by atoms with E-state index in [0.29, 0.717) is 5.56 Å². The standard InChI is InChI=1S/C15H14F2OS/c1-9-7-13(17)11(8-12(9)16)15(18)10-5-3-4-6-14(10)19-2/h3-8,15,18H,1-2H3. The highest BCUT2D eigenvalue weighted by molar-refractivity contribution is 7.98. The molecule has 0 aromatic heterocycles. The third kappa shape index (κ3) is 2.80. The summed E-state index contributed by atoms with van der Waals surface area (Å²) in [6.07, 6.45) is 0.705. The first-order valence-corrected chi connectivity index (χ1v) is 7.03. The van der Waals surface area contributed by atoms with Gasteiger partial charge in [0.2, 0.25) is 0 Å². The first-order chi connectivity index (χ1) is 9.04. The second kappa shape index (κ2) is 5.72. The van der Waals surface area contributed by atoms with E-state index in [1.165, 1.54) is 18.7 Å². The maximum Gasteiger partial charge on any atom is 0.129 e. The summed E-state index contributed by atoms with van der Waals surface area (Å²) in [5.74, 6) is -1.11. The molecule has 1 unspecified atom stereocenters. The minimum atomic E-state index is -1.17. The summed E-state index contributed by atoms with van der Waals surface area (Å²) in [6.45, 7) is 1.49. The number of halogens is 2. The second-order valence-electron chi connectivity index (χ2n) is 4.27. The van der Waals surface area contributed by atoms with E-state index in [-0.39, 0.29) is 11.1 Å². The van der Waals surface area contributed by atoms with Crippen LogP contribution in [-0.2, 0) is 0 Å². The monoisotopic (exact) mass is 280 g/mol. The van der Waals surface area contributed by atoms with Gasteiger partial charge in [0.1, 0.15) is 17.7 Å². The predicted molar refractivity (Wildman–Crippen MR) is 73.4 cm³/mol. The molecule has 2 aromatic carbocycles. The first-order valence-electron chi connectivity index (χ1n) is 5.81. The fourth-order valence-electron chi connectivity index (χ4n) is 1.93. The summed E-state index contributed by atoms with van der Waals surface area (Å²) in [6, 6.07) is 9.33. The highest BCUT2D eigenvalue weighted by atomic mass is 32.2. The lowest BCUT2D eigenvalue weighted by atomic mass is 9.99. The van der Waals surface area contributed by atoms with Crippen molar-refractivity contribution in [3.8, 4) is 0 Å². The predicted octanol–water partition coefficient (Wildman–Crippen LogP) is 4.08. The van der Waals surface area contributed by atoms with Crippen molar-refractivity contribution in [3.63, 3.8) is 0 Å². The average molecular weight is 280 g/mol. The van der Waals surface area contributed by atoms with Gasteiger partial charge in [-0.25, -0.2) is 8.78 Å². The van der Waals surface area contributed by atoms with E-state index >= 15 is 0 Å². The van der Waals surface area contributed by atoms with Gasteiger partial charge >= 0.3 is 0 Å². The SMILES string of the molecule is CSc1ccccc1C(O)c1cc(F)c(C)cc1F. The average Bonchev–Trinajstić information content (AvgIpc) is 2.42. The summed E-state index contributed by atoms with van der Waals surface area (Å²) < 4.78 is 27.4. The van der Waals surface area contributed by atoms with Crippen LogP contribution in [0.5, 0.6) is 0 Å². The minimum absolute atomic E-state index is 0.0374. The van der Waals surface area contributed by atoms with Crippen LogP contribution in [0.25, 0.3) is 0 Å². The maximum absolute atomic E-state index is 13.9. The fraction of sp³-hybridized carbons (Fsp3) is 0.200. The lowest BCUT2D eigenvalue weighted by Gasteiger charge is -2.16. The minimum Gasteiger partial charge on any atom is -0.384 e. The number of aliphatic hydroxyl groups is 1. The largest absolute Gasteiger partial charge is 0.384 e. The van der Waals surface area contributed by atoms with E-state index in [1.54, 1.807) is 12.1 Å². The molecule has 0 heterocycles. The van der Waals surface area contributed by atoms with E-state index in [4.69, 9.17) is 0 Å². The summed E-state index contributed by atoms with van der Waals surface area (Å²) in [5, 5.41) is 10.3. The number of aliphatic hydroxyl groups excluding tert-OH is 1. The second-order valence-corrected chi connectivity index (χ2v) is 5.12. The fourth-order valence-corrected chi connectivity index (χ4v) is 2.56. The lowest BCUT2D eigenvalue weighted by molar-refractivity contribution is 0.211. The zero-order valence-corrected chi connectivity index (χ0v) is 11.5. The van der Waals surface area contributed by atoms with Crippen LogP contribution in [0.1, 0.15) is 22.8 Å². The normalized spacial score (nSPS) is 12.5. The van der Waals surface area contributed by atoms with Crippen LogP contribution in [-0.4, -0.2) is 11.4 Å². The molecular formula is C15H14F2OS. The van der Waals surface area contributed by atoms with Crippen LogP contribution in [0, 0.1) is 18.6 Å². The van der Waals surface area contributed by atoms with Crippen molar-refractivity contribution >= 4 is 11.8 Å². The van der Waals surface area contributed by atoms with Crippen LogP contribution < -0.4 is 0 Å². The van der Waals surface area contributed by atoms with Crippen LogP contribution in [0.3, 0.4) is 0 Å². The summed E-state index contributed by atoms with van der Waals surface area (Å²) in [5.41, 5.74) is 0.772. The molecule has 0 fully saturated rings. The first kappa shape index (κ1) is 14.0. The van der Waals surface area contributed by atoms with Gasteiger partial charge in [0.25, 0.3) is 0 Å². The Labute approximate surface area is 115 Å². The van der Waals surface area contributed by atoms with E-state index in [0.717, 1.165) is 17.0 Å². The van der Waals surface area contributed by atoms with Crippen molar-refractivity contribution in [2.45, 2.75) is 17.9 Å². The number of benzene rings is 2. The molecule has 0 saturated carbocycles. The third-order valence-corrected chi connectivity index (χ3v) is 3.82. The van der Waals surface area contributed by atoms with Crippen molar-refractivity contribution in [1.29, 1.82) is 0 Å². The van der Waals surface area contributed by atoms with Gasteiger partial charge in [0.05, 0.1) is 0 Å². The highest BCUT2D eigenvalue weighted by Gasteiger charge is 2.19. The van der Waals surface area contributed by atoms with Gasteiger partial charge < -0.3 is 5.11 Å². The molecule has 0 radical (unpaired) electrons. The molecule has 0 aliphatic carbocycles. The molecule has 0 bridgehead atoms. The zero-order valence-electron chi connectivity index (χ0n) is 10.7. The Hall–Kier alpha value is -1.39. The summed E-state index contributed by atoms with van der Waals surface area (Å²) >= 11 is 1.46. The van der Waals surface area contributed by atoms with Gasteiger partial charge in [0, 0.05) is 10.5 Å². The van der Waals surface area contributed by atoms with Gasteiger partial charge in [-0.3, -0.25) is 0 Å². The molecule has 19 heavy (non-hydrogen) atoms. The number of rotatable bonds is 3. The van der Waals surface area contributed by atoms with Crippen LogP contribution >= 0.6 is 11.8 Å². The highest BCUT2D eigenvalue weighted by Crippen LogP contribution is 2.32. The van der Waals surface area contributed by atoms with E-state index in [9.17, 15) is 13.9 Å². The summed E-state index contributed by atoms with van der Waals surface area (Å²) in [7, 11) is 0. The van der Waals surface area contributed by atoms with Crippen molar-refractivity contribution in [1.82, 2.24) is 0 Å².